The van der Waals surface area contributed by atoms with Crippen LogP contribution in [0.5, 0.6) is 0 Å². The molecule has 0 saturated carbocycles. The summed E-state index contributed by atoms with van der Waals surface area (Å²) in [5.74, 6) is 0. The standard InChI is InChI=1S/C5H9NO3S/c1-5(2)3-4(6-9-5)10(7)8/h6H,3H2,1-2H3. The highest BCUT2D eigenvalue weighted by Crippen LogP contribution is 2.17. The van der Waals surface area contributed by atoms with E-state index in [2.05, 4.69) is 5.48 Å². The van der Waals surface area contributed by atoms with Crippen molar-refractivity contribution in [1.82, 2.24) is 5.48 Å². The second-order valence-corrected chi connectivity index (χ2v) is 3.76. The van der Waals surface area contributed by atoms with Crippen molar-refractivity contribution in [3.8, 4) is 0 Å². The van der Waals surface area contributed by atoms with E-state index < -0.39 is 15.9 Å². The first-order valence-electron chi connectivity index (χ1n) is 2.90. The quantitative estimate of drug-likeness (QED) is 0.498. The number of hydrogen-bond acceptors (Lipinski definition) is 3. The van der Waals surface area contributed by atoms with Gasteiger partial charge in [-0.3, -0.25) is 4.84 Å². The van der Waals surface area contributed by atoms with Gasteiger partial charge in [0.25, 0.3) is 0 Å². The predicted molar refractivity (Wildman–Crippen MR) is 36.8 cm³/mol. The molecule has 5 heteroatoms. The molecule has 0 aromatic heterocycles. The largest absolute Gasteiger partial charge is 0.290 e. The zero-order valence-electron chi connectivity index (χ0n) is 5.84. The molecule has 1 aliphatic rings. The van der Waals surface area contributed by atoms with Crippen LogP contribution in [-0.4, -0.2) is 19.0 Å². The smallest absolute Gasteiger partial charge is 0.230 e. The minimum Gasteiger partial charge on any atom is -0.290 e. The van der Waals surface area contributed by atoms with Gasteiger partial charge in [0.2, 0.25) is 10.3 Å². The molecule has 0 spiro atoms. The van der Waals surface area contributed by atoms with Crippen LogP contribution < -0.4 is 5.48 Å². The first kappa shape index (κ1) is 7.71. The van der Waals surface area contributed by atoms with Crippen molar-refractivity contribution in [3.05, 3.63) is 0 Å². The second-order valence-electron chi connectivity index (χ2n) is 2.80. The highest BCUT2D eigenvalue weighted by atomic mass is 32.2. The molecular weight excluding hydrogens is 154 g/mol. The molecule has 1 aliphatic heterocycles. The molecular formula is C5H9NO3S. The van der Waals surface area contributed by atoms with E-state index in [1.54, 1.807) is 0 Å². The zero-order valence-corrected chi connectivity index (χ0v) is 6.66. The SMILES string of the molecule is CC1(C)CC(=S(=O)=O)NO1. The molecule has 4 nitrogen and oxygen atoms in total. The summed E-state index contributed by atoms with van der Waals surface area (Å²) < 4.78 is 20.6. The van der Waals surface area contributed by atoms with Gasteiger partial charge in [-0.2, -0.15) is 13.9 Å². The molecule has 0 unspecified atom stereocenters. The fourth-order valence-corrected chi connectivity index (χ4v) is 1.32. The van der Waals surface area contributed by atoms with E-state index in [0.717, 1.165) is 0 Å². The summed E-state index contributed by atoms with van der Waals surface area (Å²) >= 11 is 0. The number of rotatable bonds is 0. The molecule has 58 valence electrons. The van der Waals surface area contributed by atoms with Crippen molar-refractivity contribution in [3.63, 3.8) is 0 Å². The Hall–Kier alpha value is -0.390. The van der Waals surface area contributed by atoms with E-state index in [1.165, 1.54) is 0 Å². The third-order valence-corrected chi connectivity index (χ3v) is 1.86. The molecule has 0 radical (unpaired) electrons. The Morgan fingerprint density at radius 2 is 2.20 bits per heavy atom. The predicted octanol–water partition coefficient (Wildman–Crippen LogP) is -0.301. The molecule has 1 rings (SSSR count). The lowest BCUT2D eigenvalue weighted by Crippen LogP contribution is -2.19. The summed E-state index contributed by atoms with van der Waals surface area (Å²) in [4.78, 5) is 5.16. The zero-order chi connectivity index (χ0) is 7.78. The summed E-state index contributed by atoms with van der Waals surface area (Å²) in [7, 11) is -2.16. The lowest BCUT2D eigenvalue weighted by Gasteiger charge is -2.11. The van der Waals surface area contributed by atoms with Gasteiger partial charge >= 0.3 is 0 Å². The summed E-state index contributed by atoms with van der Waals surface area (Å²) in [6.07, 6.45) is 0.420. The van der Waals surface area contributed by atoms with Crippen molar-refractivity contribution in [1.29, 1.82) is 0 Å². The number of nitrogens with one attached hydrogen (secondary N) is 1. The summed E-state index contributed by atoms with van der Waals surface area (Å²) in [6.45, 7) is 3.64. The molecule has 1 heterocycles. The number of hydrogen-bond donors (Lipinski definition) is 1. The van der Waals surface area contributed by atoms with Crippen LogP contribution in [0, 0.1) is 0 Å². The lowest BCUT2D eigenvalue weighted by atomic mass is 10.1. The highest BCUT2D eigenvalue weighted by Gasteiger charge is 2.29. The fourth-order valence-electron chi connectivity index (χ4n) is 0.747. The molecule has 0 amide bonds. The Labute approximate surface area is 60.7 Å². The van der Waals surface area contributed by atoms with Crippen LogP contribution in [-0.2, 0) is 15.1 Å². The highest BCUT2D eigenvalue weighted by molar-refractivity contribution is 7.72. The van der Waals surface area contributed by atoms with E-state index in [-0.39, 0.29) is 4.99 Å². The summed E-state index contributed by atoms with van der Waals surface area (Å²) in [6, 6.07) is 0. The molecule has 0 atom stereocenters. The summed E-state index contributed by atoms with van der Waals surface area (Å²) in [5.41, 5.74) is 1.96. The van der Waals surface area contributed by atoms with Crippen LogP contribution in [0.1, 0.15) is 20.3 Å². The monoisotopic (exact) mass is 163 g/mol. The van der Waals surface area contributed by atoms with E-state index in [4.69, 9.17) is 4.84 Å². The van der Waals surface area contributed by atoms with E-state index >= 15 is 0 Å². The second kappa shape index (κ2) is 2.34. The van der Waals surface area contributed by atoms with Crippen LogP contribution in [0.15, 0.2) is 0 Å². The van der Waals surface area contributed by atoms with Gasteiger partial charge in [-0.25, -0.2) is 0 Å². The minimum absolute atomic E-state index is 0.227. The maximum Gasteiger partial charge on any atom is 0.230 e. The van der Waals surface area contributed by atoms with Crippen molar-refractivity contribution >= 4 is 15.3 Å². The van der Waals surface area contributed by atoms with Crippen molar-refractivity contribution in [2.24, 2.45) is 0 Å². The Morgan fingerprint density at radius 3 is 2.40 bits per heavy atom. The normalized spacial score (nSPS) is 23.2. The maximum absolute atomic E-state index is 10.3. The Morgan fingerprint density at radius 1 is 1.60 bits per heavy atom. The van der Waals surface area contributed by atoms with Crippen LogP contribution in [0.3, 0.4) is 0 Å². The van der Waals surface area contributed by atoms with Gasteiger partial charge in [0, 0.05) is 6.42 Å². The topological polar surface area (TPSA) is 55.4 Å². The van der Waals surface area contributed by atoms with Gasteiger partial charge in [-0.1, -0.05) is 0 Å². The van der Waals surface area contributed by atoms with Crippen molar-refractivity contribution in [2.45, 2.75) is 25.9 Å². The van der Waals surface area contributed by atoms with Crippen LogP contribution in [0.2, 0.25) is 0 Å². The molecule has 1 saturated heterocycles. The average Bonchev–Trinajstić information content (AvgIpc) is 2.10. The Kier molecular flexibility index (Phi) is 1.80. The molecule has 0 aromatic carbocycles. The fraction of sp³-hybridized carbons (Fsp3) is 0.800. The van der Waals surface area contributed by atoms with Crippen molar-refractivity contribution < 1.29 is 13.3 Å². The Bertz CT molecular complexity index is 257. The van der Waals surface area contributed by atoms with Crippen molar-refractivity contribution in [2.75, 3.05) is 0 Å². The molecule has 0 aromatic rings. The van der Waals surface area contributed by atoms with Gasteiger partial charge in [0.15, 0.2) is 0 Å². The van der Waals surface area contributed by atoms with Gasteiger partial charge in [0.1, 0.15) is 4.99 Å². The first-order chi connectivity index (χ1) is 4.51. The van der Waals surface area contributed by atoms with E-state index in [1.807, 2.05) is 13.8 Å². The summed E-state index contributed by atoms with van der Waals surface area (Å²) in [5, 5.41) is 0. The number of hydroxylamine groups is 1. The molecule has 1 fully saturated rings. The third-order valence-electron chi connectivity index (χ3n) is 1.23. The average molecular weight is 163 g/mol. The van der Waals surface area contributed by atoms with Gasteiger partial charge < -0.3 is 0 Å². The molecule has 1 N–H and O–H groups in total. The van der Waals surface area contributed by atoms with E-state index in [9.17, 15) is 8.42 Å². The van der Waals surface area contributed by atoms with Crippen LogP contribution in [0.25, 0.3) is 0 Å². The Balaban J connectivity index is 2.89. The van der Waals surface area contributed by atoms with E-state index in [0.29, 0.717) is 6.42 Å². The van der Waals surface area contributed by atoms with Gasteiger partial charge in [-0.15, -0.1) is 0 Å². The minimum atomic E-state index is -2.16. The molecule has 10 heavy (non-hydrogen) atoms. The molecule has 0 bridgehead atoms. The van der Waals surface area contributed by atoms with Gasteiger partial charge in [-0.05, 0) is 13.8 Å². The van der Waals surface area contributed by atoms with Crippen LogP contribution >= 0.6 is 0 Å². The third kappa shape index (κ3) is 1.56. The first-order valence-corrected chi connectivity index (χ1v) is 3.98. The maximum atomic E-state index is 10.3. The lowest BCUT2D eigenvalue weighted by molar-refractivity contribution is -0.0198. The van der Waals surface area contributed by atoms with Crippen LogP contribution in [0.4, 0.5) is 0 Å². The van der Waals surface area contributed by atoms with Gasteiger partial charge in [0.05, 0.1) is 5.60 Å². The molecule has 0 aliphatic carbocycles.